The molecule has 0 radical (unpaired) electrons. The molecule has 0 aliphatic carbocycles. The molecule has 4 rings (SSSR count). The van der Waals surface area contributed by atoms with Crippen molar-refractivity contribution in [1.29, 1.82) is 0 Å². The lowest BCUT2D eigenvalue weighted by molar-refractivity contribution is 0.964. The Labute approximate surface area is 151 Å². The molecule has 0 saturated carbocycles. The van der Waals surface area contributed by atoms with Crippen LogP contribution in [-0.4, -0.2) is 16.5 Å². The summed E-state index contributed by atoms with van der Waals surface area (Å²) in [5.41, 5.74) is 10.4. The van der Waals surface area contributed by atoms with Crippen molar-refractivity contribution in [2.24, 2.45) is 0 Å². The SMILES string of the molecule is Nc1c(NCc2ccccc2Cl)ncnc1N1CCc2ccccc21. The van der Waals surface area contributed by atoms with Gasteiger partial charge in [0.25, 0.3) is 0 Å². The van der Waals surface area contributed by atoms with Gasteiger partial charge >= 0.3 is 0 Å². The van der Waals surface area contributed by atoms with Crippen LogP contribution < -0.4 is 16.0 Å². The van der Waals surface area contributed by atoms with E-state index in [1.165, 1.54) is 5.56 Å². The second kappa shape index (κ2) is 6.61. The Bertz CT molecular complexity index is 912. The van der Waals surface area contributed by atoms with Crippen LogP contribution >= 0.6 is 11.6 Å². The maximum atomic E-state index is 6.36. The zero-order valence-corrected chi connectivity index (χ0v) is 14.4. The van der Waals surface area contributed by atoms with Gasteiger partial charge in [-0.15, -0.1) is 0 Å². The van der Waals surface area contributed by atoms with Gasteiger partial charge in [-0.05, 0) is 29.7 Å². The fourth-order valence-corrected chi connectivity index (χ4v) is 3.32. The van der Waals surface area contributed by atoms with Crippen LogP contribution in [0.3, 0.4) is 0 Å². The molecule has 3 N–H and O–H groups in total. The molecule has 1 aliphatic heterocycles. The molecule has 1 aromatic heterocycles. The maximum absolute atomic E-state index is 6.36. The van der Waals surface area contributed by atoms with E-state index < -0.39 is 0 Å². The van der Waals surface area contributed by atoms with E-state index in [0.29, 0.717) is 18.1 Å². The van der Waals surface area contributed by atoms with E-state index in [4.69, 9.17) is 17.3 Å². The minimum absolute atomic E-state index is 0.547. The van der Waals surface area contributed by atoms with Crippen molar-refractivity contribution < 1.29 is 0 Å². The third kappa shape index (κ3) is 2.98. The number of nitrogens with two attached hydrogens (primary N) is 1. The van der Waals surface area contributed by atoms with Gasteiger partial charge in [-0.3, -0.25) is 0 Å². The molecule has 0 bridgehead atoms. The van der Waals surface area contributed by atoms with E-state index in [0.717, 1.165) is 35.1 Å². The molecule has 0 unspecified atom stereocenters. The predicted molar refractivity (Wildman–Crippen MR) is 102 cm³/mol. The molecule has 6 heteroatoms. The first-order chi connectivity index (χ1) is 12.2. The average molecular weight is 352 g/mol. The molecule has 5 nitrogen and oxygen atoms in total. The third-order valence-corrected chi connectivity index (χ3v) is 4.78. The quantitative estimate of drug-likeness (QED) is 0.743. The summed E-state index contributed by atoms with van der Waals surface area (Å²) in [6.45, 7) is 1.42. The molecule has 0 fully saturated rings. The van der Waals surface area contributed by atoms with Crippen molar-refractivity contribution in [2.45, 2.75) is 13.0 Å². The van der Waals surface area contributed by atoms with E-state index in [9.17, 15) is 0 Å². The molecular weight excluding hydrogens is 334 g/mol. The fraction of sp³-hybridized carbons (Fsp3) is 0.158. The van der Waals surface area contributed by atoms with Crippen LogP contribution in [0.4, 0.5) is 23.0 Å². The topological polar surface area (TPSA) is 67.1 Å². The van der Waals surface area contributed by atoms with Gasteiger partial charge in [0.05, 0.1) is 0 Å². The van der Waals surface area contributed by atoms with Gasteiger partial charge in [0.1, 0.15) is 12.0 Å². The van der Waals surface area contributed by atoms with Crippen LogP contribution in [0.25, 0.3) is 0 Å². The molecule has 1 aliphatic rings. The summed E-state index contributed by atoms with van der Waals surface area (Å²) in [6.07, 6.45) is 2.53. The number of fused-ring (bicyclic) bond motifs is 1. The number of hydrogen-bond acceptors (Lipinski definition) is 5. The first kappa shape index (κ1) is 15.7. The first-order valence-electron chi connectivity index (χ1n) is 8.17. The van der Waals surface area contributed by atoms with Gasteiger partial charge < -0.3 is 16.0 Å². The lowest BCUT2D eigenvalue weighted by Gasteiger charge is -2.21. The first-order valence-corrected chi connectivity index (χ1v) is 8.55. The standard InChI is InChI=1S/C19H18ClN5/c20-15-7-3-1-6-14(15)11-22-18-17(21)19(24-12-23-18)25-10-9-13-5-2-4-8-16(13)25/h1-8,12H,9-11,21H2,(H,22,23,24). The highest BCUT2D eigenvalue weighted by Crippen LogP contribution is 2.37. The van der Waals surface area contributed by atoms with E-state index in [2.05, 4.69) is 38.4 Å². The second-order valence-electron chi connectivity index (χ2n) is 5.93. The Morgan fingerprint density at radius 3 is 2.76 bits per heavy atom. The maximum Gasteiger partial charge on any atom is 0.161 e. The number of aromatic nitrogens is 2. The van der Waals surface area contributed by atoms with Crippen LogP contribution in [0.15, 0.2) is 54.9 Å². The number of para-hydroxylation sites is 1. The molecule has 0 amide bonds. The Morgan fingerprint density at radius 2 is 1.88 bits per heavy atom. The molecule has 2 heterocycles. The van der Waals surface area contributed by atoms with Crippen LogP contribution in [0.1, 0.15) is 11.1 Å². The highest BCUT2D eigenvalue weighted by atomic mass is 35.5. The largest absolute Gasteiger partial charge is 0.393 e. The molecule has 0 atom stereocenters. The van der Waals surface area contributed by atoms with Gasteiger partial charge in [-0.25, -0.2) is 9.97 Å². The Kier molecular flexibility index (Phi) is 4.15. The van der Waals surface area contributed by atoms with Gasteiger partial charge in [0.2, 0.25) is 0 Å². The van der Waals surface area contributed by atoms with Crippen molar-refractivity contribution in [2.75, 3.05) is 22.5 Å². The van der Waals surface area contributed by atoms with E-state index in [1.54, 1.807) is 6.33 Å². The molecule has 2 aromatic carbocycles. The normalized spacial score (nSPS) is 12.9. The van der Waals surface area contributed by atoms with Crippen molar-refractivity contribution in [1.82, 2.24) is 9.97 Å². The number of anilines is 4. The molecule has 126 valence electrons. The van der Waals surface area contributed by atoms with Gasteiger partial charge in [-0.2, -0.15) is 0 Å². The summed E-state index contributed by atoms with van der Waals surface area (Å²) in [7, 11) is 0. The summed E-state index contributed by atoms with van der Waals surface area (Å²) in [5, 5.41) is 3.99. The van der Waals surface area contributed by atoms with Crippen molar-refractivity contribution in [3.8, 4) is 0 Å². The van der Waals surface area contributed by atoms with E-state index in [1.807, 2.05) is 30.3 Å². The highest BCUT2D eigenvalue weighted by molar-refractivity contribution is 6.31. The third-order valence-electron chi connectivity index (χ3n) is 4.41. The number of hydrogen-bond donors (Lipinski definition) is 2. The number of halogens is 1. The summed E-state index contributed by atoms with van der Waals surface area (Å²) < 4.78 is 0. The number of nitrogen functional groups attached to an aromatic ring is 1. The van der Waals surface area contributed by atoms with Crippen LogP contribution in [-0.2, 0) is 13.0 Å². The smallest absolute Gasteiger partial charge is 0.161 e. The summed E-state index contributed by atoms with van der Waals surface area (Å²) in [4.78, 5) is 10.9. The molecule has 25 heavy (non-hydrogen) atoms. The van der Waals surface area contributed by atoms with Crippen LogP contribution in [0, 0.1) is 0 Å². The summed E-state index contributed by atoms with van der Waals surface area (Å²) >= 11 is 6.21. The zero-order chi connectivity index (χ0) is 17.2. The average Bonchev–Trinajstić information content (AvgIpc) is 3.06. The monoisotopic (exact) mass is 351 g/mol. The predicted octanol–water partition coefficient (Wildman–Crippen LogP) is 4.02. The van der Waals surface area contributed by atoms with Gasteiger partial charge in [0, 0.05) is 23.8 Å². The minimum atomic E-state index is 0.547. The molecule has 0 spiro atoms. The van der Waals surface area contributed by atoms with Crippen molar-refractivity contribution in [3.05, 3.63) is 71.0 Å². The lowest BCUT2D eigenvalue weighted by atomic mass is 10.2. The number of rotatable bonds is 4. The Hall–Kier alpha value is -2.79. The van der Waals surface area contributed by atoms with Gasteiger partial charge in [0.15, 0.2) is 11.6 Å². The highest BCUT2D eigenvalue weighted by Gasteiger charge is 2.23. The second-order valence-corrected chi connectivity index (χ2v) is 6.34. The van der Waals surface area contributed by atoms with Crippen molar-refractivity contribution in [3.63, 3.8) is 0 Å². The Morgan fingerprint density at radius 1 is 1.08 bits per heavy atom. The summed E-state index contributed by atoms with van der Waals surface area (Å²) in [5.74, 6) is 1.36. The molecule has 3 aromatic rings. The number of benzene rings is 2. The number of nitrogens with zero attached hydrogens (tertiary/aromatic N) is 3. The molecular formula is C19H18ClN5. The summed E-state index contributed by atoms with van der Waals surface area (Å²) in [6, 6.07) is 16.0. The van der Waals surface area contributed by atoms with Crippen LogP contribution in [0.5, 0.6) is 0 Å². The minimum Gasteiger partial charge on any atom is -0.393 e. The Balaban J connectivity index is 1.60. The van der Waals surface area contributed by atoms with E-state index >= 15 is 0 Å². The van der Waals surface area contributed by atoms with Crippen LogP contribution in [0.2, 0.25) is 5.02 Å². The zero-order valence-electron chi connectivity index (χ0n) is 13.6. The van der Waals surface area contributed by atoms with Crippen molar-refractivity contribution >= 4 is 34.6 Å². The molecule has 0 saturated heterocycles. The van der Waals surface area contributed by atoms with E-state index in [-0.39, 0.29) is 0 Å². The number of nitrogens with one attached hydrogen (secondary N) is 1. The fourth-order valence-electron chi connectivity index (χ4n) is 3.12. The van der Waals surface area contributed by atoms with Gasteiger partial charge in [-0.1, -0.05) is 48.0 Å². The lowest BCUT2D eigenvalue weighted by Crippen LogP contribution is -2.18.